The van der Waals surface area contributed by atoms with E-state index in [1.165, 1.54) is 0 Å². The molecule has 1 heterocycles. The third-order valence-electron chi connectivity index (χ3n) is 2.07. The van der Waals surface area contributed by atoms with Crippen LogP contribution in [0.15, 0.2) is 12.2 Å². The van der Waals surface area contributed by atoms with Crippen molar-refractivity contribution in [2.24, 2.45) is 0 Å². The van der Waals surface area contributed by atoms with Gasteiger partial charge in [0.2, 0.25) is 0 Å². The van der Waals surface area contributed by atoms with E-state index in [9.17, 15) is 8.42 Å². The highest BCUT2D eigenvalue weighted by molar-refractivity contribution is 7.91. The molecule has 0 spiro atoms. The summed E-state index contributed by atoms with van der Waals surface area (Å²) in [5, 5.41) is 8.48. The quantitative estimate of drug-likeness (QED) is 0.617. The molecule has 5 heteroatoms. The summed E-state index contributed by atoms with van der Waals surface area (Å²) in [5.41, 5.74) is 0. The van der Waals surface area contributed by atoms with E-state index in [2.05, 4.69) is 4.90 Å². The van der Waals surface area contributed by atoms with Crippen molar-refractivity contribution >= 4 is 9.84 Å². The van der Waals surface area contributed by atoms with Crippen LogP contribution < -0.4 is 0 Å². The summed E-state index contributed by atoms with van der Waals surface area (Å²) in [6, 6.07) is 0. The molecule has 1 N–H and O–H groups in total. The molecule has 0 unspecified atom stereocenters. The summed E-state index contributed by atoms with van der Waals surface area (Å²) in [4.78, 5) is 2.06. The van der Waals surface area contributed by atoms with Gasteiger partial charge in [-0.25, -0.2) is 8.42 Å². The Labute approximate surface area is 78.8 Å². The number of aliphatic hydroxyl groups is 1. The zero-order valence-electron chi connectivity index (χ0n) is 7.52. The van der Waals surface area contributed by atoms with Crippen molar-refractivity contribution in [3.63, 3.8) is 0 Å². The first-order valence-electron chi connectivity index (χ1n) is 4.33. The monoisotopic (exact) mass is 205 g/mol. The third-order valence-corrected chi connectivity index (χ3v) is 3.68. The zero-order valence-corrected chi connectivity index (χ0v) is 8.33. The van der Waals surface area contributed by atoms with Gasteiger partial charge >= 0.3 is 0 Å². The Bertz CT molecular complexity index is 257. The van der Waals surface area contributed by atoms with Gasteiger partial charge < -0.3 is 5.11 Å². The summed E-state index contributed by atoms with van der Waals surface area (Å²) in [6.07, 6.45) is 3.53. The van der Waals surface area contributed by atoms with E-state index in [1.807, 2.05) is 6.08 Å². The highest BCUT2D eigenvalue weighted by Gasteiger charge is 2.20. The number of sulfone groups is 1. The Balaban J connectivity index is 2.29. The van der Waals surface area contributed by atoms with E-state index in [-0.39, 0.29) is 18.1 Å². The van der Waals surface area contributed by atoms with Gasteiger partial charge in [-0.1, -0.05) is 12.2 Å². The molecule has 0 aromatic heterocycles. The van der Waals surface area contributed by atoms with Crippen molar-refractivity contribution in [1.82, 2.24) is 4.90 Å². The molecule has 1 aliphatic rings. The minimum Gasteiger partial charge on any atom is -0.392 e. The van der Waals surface area contributed by atoms with Crippen molar-refractivity contribution in [2.75, 3.05) is 37.7 Å². The number of hydrogen-bond donors (Lipinski definition) is 1. The minimum absolute atomic E-state index is 0.0478. The Kier molecular flexibility index (Phi) is 3.90. The second-order valence-corrected chi connectivity index (χ2v) is 5.41. The average Bonchev–Trinajstić information content (AvgIpc) is 2.08. The van der Waals surface area contributed by atoms with Crippen LogP contribution in [-0.2, 0) is 9.84 Å². The van der Waals surface area contributed by atoms with E-state index in [4.69, 9.17) is 5.11 Å². The minimum atomic E-state index is -2.76. The fourth-order valence-corrected chi connectivity index (χ4v) is 2.51. The van der Waals surface area contributed by atoms with Crippen molar-refractivity contribution in [3.8, 4) is 0 Å². The first-order valence-corrected chi connectivity index (χ1v) is 6.15. The van der Waals surface area contributed by atoms with Gasteiger partial charge in [0.25, 0.3) is 0 Å². The molecule has 0 amide bonds. The fraction of sp³-hybridized carbons (Fsp3) is 0.750. The third kappa shape index (κ3) is 3.89. The van der Waals surface area contributed by atoms with E-state index < -0.39 is 9.84 Å². The molecular weight excluding hydrogens is 190 g/mol. The van der Waals surface area contributed by atoms with Gasteiger partial charge in [-0.15, -0.1) is 0 Å². The number of aliphatic hydroxyl groups excluding tert-OH is 1. The Hall–Kier alpha value is -0.390. The van der Waals surface area contributed by atoms with Gasteiger partial charge in [-0.2, -0.15) is 0 Å². The van der Waals surface area contributed by atoms with Gasteiger partial charge in [0.05, 0.1) is 18.1 Å². The molecule has 0 aliphatic carbocycles. The van der Waals surface area contributed by atoms with Crippen LogP contribution in [-0.4, -0.2) is 56.2 Å². The van der Waals surface area contributed by atoms with Crippen LogP contribution in [0.3, 0.4) is 0 Å². The molecule has 1 rings (SSSR count). The lowest BCUT2D eigenvalue weighted by atomic mass is 10.4. The van der Waals surface area contributed by atoms with Gasteiger partial charge in [-0.3, -0.25) is 4.90 Å². The zero-order chi connectivity index (χ0) is 9.73. The highest BCUT2D eigenvalue weighted by atomic mass is 32.2. The van der Waals surface area contributed by atoms with Crippen molar-refractivity contribution < 1.29 is 13.5 Å². The number of nitrogens with zero attached hydrogens (tertiary/aromatic N) is 1. The molecule has 1 fully saturated rings. The van der Waals surface area contributed by atoms with Crippen LogP contribution >= 0.6 is 0 Å². The first-order chi connectivity index (χ1) is 6.14. The van der Waals surface area contributed by atoms with Crippen LogP contribution in [0.1, 0.15) is 0 Å². The molecule has 76 valence electrons. The van der Waals surface area contributed by atoms with Gasteiger partial charge in [0, 0.05) is 19.6 Å². The smallest absolute Gasteiger partial charge is 0.152 e. The molecule has 13 heavy (non-hydrogen) atoms. The molecule has 0 bridgehead atoms. The Morgan fingerprint density at radius 2 is 1.85 bits per heavy atom. The lowest BCUT2D eigenvalue weighted by molar-refractivity contribution is 0.321. The molecule has 0 radical (unpaired) electrons. The van der Waals surface area contributed by atoms with Crippen LogP contribution in [0.2, 0.25) is 0 Å². The Morgan fingerprint density at radius 3 is 2.38 bits per heavy atom. The second-order valence-electron chi connectivity index (χ2n) is 3.11. The second kappa shape index (κ2) is 4.74. The summed E-state index contributed by atoms with van der Waals surface area (Å²) in [7, 11) is -2.76. The largest absolute Gasteiger partial charge is 0.392 e. The van der Waals surface area contributed by atoms with Crippen LogP contribution in [0.5, 0.6) is 0 Å². The molecule has 1 saturated heterocycles. The number of rotatable bonds is 3. The summed E-state index contributed by atoms with van der Waals surface area (Å²) < 4.78 is 22.1. The maximum atomic E-state index is 11.0. The first kappa shape index (κ1) is 10.7. The van der Waals surface area contributed by atoms with E-state index >= 15 is 0 Å². The molecule has 1 aliphatic heterocycles. The molecule has 0 atom stereocenters. The number of hydrogen-bond acceptors (Lipinski definition) is 4. The van der Waals surface area contributed by atoms with Crippen molar-refractivity contribution in [1.29, 1.82) is 0 Å². The lowest BCUT2D eigenvalue weighted by Crippen LogP contribution is -2.40. The van der Waals surface area contributed by atoms with Crippen LogP contribution in [0, 0.1) is 0 Å². The van der Waals surface area contributed by atoms with E-state index in [0.717, 1.165) is 6.54 Å². The molecule has 4 nitrogen and oxygen atoms in total. The summed E-state index contributed by atoms with van der Waals surface area (Å²) >= 11 is 0. The molecule has 0 saturated carbocycles. The molecule has 0 aromatic carbocycles. The molecule has 0 aromatic rings. The van der Waals surface area contributed by atoms with Crippen molar-refractivity contribution in [2.45, 2.75) is 0 Å². The SMILES string of the molecule is O=S1(=O)CCN(C/C=C/CO)CC1. The van der Waals surface area contributed by atoms with Crippen LogP contribution in [0.4, 0.5) is 0 Å². The maximum Gasteiger partial charge on any atom is 0.152 e. The van der Waals surface area contributed by atoms with E-state index in [0.29, 0.717) is 13.1 Å². The van der Waals surface area contributed by atoms with Crippen LogP contribution in [0.25, 0.3) is 0 Å². The topological polar surface area (TPSA) is 57.6 Å². The predicted octanol–water partition coefficient (Wildman–Crippen LogP) is -0.735. The van der Waals surface area contributed by atoms with E-state index in [1.54, 1.807) is 6.08 Å². The standard InChI is InChI=1S/C8H15NO3S/c10-6-2-1-3-9-4-7-13(11,12)8-5-9/h1-2,10H,3-8H2/b2-1+. The van der Waals surface area contributed by atoms with Gasteiger partial charge in [0.15, 0.2) is 9.84 Å². The molecular formula is C8H15NO3S. The average molecular weight is 205 g/mol. The lowest BCUT2D eigenvalue weighted by Gasteiger charge is -2.24. The normalized spacial score (nSPS) is 23.8. The van der Waals surface area contributed by atoms with Gasteiger partial charge in [-0.05, 0) is 0 Å². The fourth-order valence-electron chi connectivity index (χ4n) is 1.23. The highest BCUT2D eigenvalue weighted by Crippen LogP contribution is 2.02. The maximum absolute atomic E-state index is 11.0. The summed E-state index contributed by atoms with van der Waals surface area (Å²) in [5.74, 6) is 0.528. The summed E-state index contributed by atoms with van der Waals surface area (Å²) in [6.45, 7) is 2.00. The van der Waals surface area contributed by atoms with Crippen molar-refractivity contribution in [3.05, 3.63) is 12.2 Å². The van der Waals surface area contributed by atoms with Gasteiger partial charge in [0.1, 0.15) is 0 Å². The predicted molar refractivity (Wildman–Crippen MR) is 51.3 cm³/mol. The Morgan fingerprint density at radius 1 is 1.23 bits per heavy atom.